The van der Waals surface area contributed by atoms with E-state index in [1.165, 1.54) is 6.20 Å². The van der Waals surface area contributed by atoms with E-state index in [1.807, 2.05) is 0 Å². The molecule has 1 N–H and O–H groups in total. The average molecular weight is 226 g/mol. The van der Waals surface area contributed by atoms with Gasteiger partial charge in [-0.25, -0.2) is 0 Å². The Bertz CT molecular complexity index is 336. The first-order valence-corrected chi connectivity index (χ1v) is 5.52. The van der Waals surface area contributed by atoms with Crippen molar-refractivity contribution in [2.24, 2.45) is 0 Å². The molecule has 1 amide bonds. The van der Waals surface area contributed by atoms with Gasteiger partial charge in [0.05, 0.1) is 12.8 Å². The van der Waals surface area contributed by atoms with Gasteiger partial charge in [0, 0.05) is 18.7 Å². The Morgan fingerprint density at radius 1 is 1.56 bits per heavy atom. The Morgan fingerprint density at radius 2 is 2.31 bits per heavy atom. The lowest BCUT2D eigenvalue weighted by Gasteiger charge is -2.20. The van der Waals surface area contributed by atoms with E-state index in [0.717, 1.165) is 18.4 Å². The van der Waals surface area contributed by atoms with Crippen molar-refractivity contribution in [3.05, 3.63) is 17.5 Å². The van der Waals surface area contributed by atoms with Crippen molar-refractivity contribution in [3.8, 4) is 0 Å². The minimum Gasteiger partial charge on any atom is -0.395 e. The van der Waals surface area contributed by atoms with Crippen LogP contribution in [0.1, 0.15) is 35.9 Å². The average Bonchev–Trinajstić information content (AvgIpc) is 2.69. The summed E-state index contributed by atoms with van der Waals surface area (Å²) in [4.78, 5) is 13.6. The van der Waals surface area contributed by atoms with Gasteiger partial charge in [-0.15, -0.1) is 0 Å². The fourth-order valence-electron chi connectivity index (χ4n) is 1.42. The lowest BCUT2D eigenvalue weighted by Crippen LogP contribution is -2.34. The van der Waals surface area contributed by atoms with E-state index in [-0.39, 0.29) is 18.3 Å². The third-order valence-electron chi connectivity index (χ3n) is 2.38. The summed E-state index contributed by atoms with van der Waals surface area (Å²) in [6.45, 7) is 4.76. The first kappa shape index (κ1) is 12.7. The van der Waals surface area contributed by atoms with Crippen molar-refractivity contribution in [3.63, 3.8) is 0 Å². The normalized spacial score (nSPS) is 10.4. The fraction of sp³-hybridized carbons (Fsp3) is 0.636. The van der Waals surface area contributed by atoms with Gasteiger partial charge < -0.3 is 14.5 Å². The van der Waals surface area contributed by atoms with Crippen LogP contribution in [0.3, 0.4) is 0 Å². The van der Waals surface area contributed by atoms with Gasteiger partial charge >= 0.3 is 0 Å². The first-order valence-electron chi connectivity index (χ1n) is 5.52. The van der Waals surface area contributed by atoms with Gasteiger partial charge in [0.25, 0.3) is 5.91 Å². The smallest absolute Gasteiger partial charge is 0.292 e. The van der Waals surface area contributed by atoms with E-state index >= 15 is 0 Å². The summed E-state index contributed by atoms with van der Waals surface area (Å²) < 4.78 is 4.91. The second kappa shape index (κ2) is 6.27. The molecule has 0 saturated carbocycles. The van der Waals surface area contributed by atoms with Crippen molar-refractivity contribution < 1.29 is 14.4 Å². The minimum atomic E-state index is -0.197. The van der Waals surface area contributed by atoms with Crippen LogP contribution < -0.4 is 0 Å². The number of amides is 1. The number of aryl methyl sites for hydroxylation is 1. The predicted octanol–water partition coefficient (Wildman–Crippen LogP) is 1.22. The summed E-state index contributed by atoms with van der Waals surface area (Å²) in [6.07, 6.45) is 3.44. The molecular formula is C11H18N2O3. The molecule has 0 spiro atoms. The van der Waals surface area contributed by atoms with Crippen LogP contribution in [-0.2, 0) is 0 Å². The van der Waals surface area contributed by atoms with Gasteiger partial charge in [0.2, 0.25) is 5.76 Å². The van der Waals surface area contributed by atoms with E-state index in [0.29, 0.717) is 13.1 Å². The Balaban J connectivity index is 2.70. The zero-order valence-corrected chi connectivity index (χ0v) is 9.77. The number of unbranched alkanes of at least 4 members (excludes halogenated alkanes) is 1. The molecule has 0 aliphatic heterocycles. The highest BCUT2D eigenvalue weighted by atomic mass is 16.5. The molecule has 0 atom stereocenters. The standard InChI is InChI=1S/C11H18N2O3/c1-3-4-5-13(6-7-14)11(15)10-9(2)8-12-16-10/h8,14H,3-7H2,1-2H3. The molecule has 1 aromatic rings. The minimum absolute atomic E-state index is 0.0390. The fourth-order valence-corrected chi connectivity index (χ4v) is 1.42. The number of nitrogens with zero attached hydrogens (tertiary/aromatic N) is 2. The second-order valence-electron chi connectivity index (χ2n) is 3.71. The molecule has 5 heteroatoms. The van der Waals surface area contributed by atoms with Crippen LogP contribution in [0.4, 0.5) is 0 Å². The monoisotopic (exact) mass is 226 g/mol. The summed E-state index contributed by atoms with van der Waals surface area (Å²) >= 11 is 0. The van der Waals surface area contributed by atoms with Gasteiger partial charge in [0.15, 0.2) is 0 Å². The molecule has 16 heavy (non-hydrogen) atoms. The highest BCUT2D eigenvalue weighted by Crippen LogP contribution is 2.10. The quantitative estimate of drug-likeness (QED) is 0.792. The maximum Gasteiger partial charge on any atom is 0.292 e. The molecule has 0 bridgehead atoms. The Kier molecular flexibility index (Phi) is 4.98. The van der Waals surface area contributed by atoms with Crippen molar-refractivity contribution >= 4 is 5.91 Å². The highest BCUT2D eigenvalue weighted by molar-refractivity contribution is 5.92. The van der Waals surface area contributed by atoms with Crippen LogP contribution >= 0.6 is 0 Å². The van der Waals surface area contributed by atoms with Crippen molar-refractivity contribution in [2.45, 2.75) is 26.7 Å². The first-order chi connectivity index (χ1) is 7.70. The summed E-state index contributed by atoms with van der Waals surface area (Å²) in [5.74, 6) is 0.0713. The van der Waals surface area contributed by atoms with Crippen LogP contribution in [0.25, 0.3) is 0 Å². The molecule has 0 aliphatic carbocycles. The number of hydrogen-bond donors (Lipinski definition) is 1. The zero-order chi connectivity index (χ0) is 12.0. The van der Waals surface area contributed by atoms with Crippen LogP contribution in [0.2, 0.25) is 0 Å². The topological polar surface area (TPSA) is 66.6 Å². The summed E-state index contributed by atoms with van der Waals surface area (Å²) in [5.41, 5.74) is 0.726. The number of carbonyl (C=O) groups excluding carboxylic acids is 1. The number of hydrogen-bond acceptors (Lipinski definition) is 4. The molecule has 0 fully saturated rings. The molecule has 0 radical (unpaired) electrons. The van der Waals surface area contributed by atoms with Crippen molar-refractivity contribution in [1.82, 2.24) is 10.1 Å². The SMILES string of the molecule is CCCCN(CCO)C(=O)c1oncc1C. The maximum atomic E-state index is 12.0. The van der Waals surface area contributed by atoms with Gasteiger partial charge in [-0.1, -0.05) is 18.5 Å². The van der Waals surface area contributed by atoms with E-state index in [9.17, 15) is 4.79 Å². The highest BCUT2D eigenvalue weighted by Gasteiger charge is 2.20. The van der Waals surface area contributed by atoms with Crippen LogP contribution in [0.5, 0.6) is 0 Å². The Morgan fingerprint density at radius 3 is 2.81 bits per heavy atom. The van der Waals surface area contributed by atoms with Gasteiger partial charge in [-0.2, -0.15) is 0 Å². The largest absolute Gasteiger partial charge is 0.395 e. The Labute approximate surface area is 95.0 Å². The summed E-state index contributed by atoms with van der Waals surface area (Å²) in [7, 11) is 0. The van der Waals surface area contributed by atoms with E-state index in [2.05, 4.69) is 12.1 Å². The predicted molar refractivity (Wildman–Crippen MR) is 59.1 cm³/mol. The molecule has 0 unspecified atom stereocenters. The third kappa shape index (κ3) is 3.06. The third-order valence-corrected chi connectivity index (χ3v) is 2.38. The van der Waals surface area contributed by atoms with E-state index < -0.39 is 0 Å². The van der Waals surface area contributed by atoms with Crippen molar-refractivity contribution in [1.29, 1.82) is 0 Å². The molecule has 5 nitrogen and oxygen atoms in total. The molecule has 0 saturated heterocycles. The van der Waals surface area contributed by atoms with Crippen LogP contribution in [0.15, 0.2) is 10.7 Å². The zero-order valence-electron chi connectivity index (χ0n) is 9.77. The molecule has 1 aromatic heterocycles. The van der Waals surface area contributed by atoms with Gasteiger partial charge in [-0.3, -0.25) is 4.79 Å². The number of aliphatic hydroxyl groups excluding tert-OH is 1. The lowest BCUT2D eigenvalue weighted by atomic mass is 10.2. The Hall–Kier alpha value is -1.36. The molecule has 90 valence electrons. The maximum absolute atomic E-state index is 12.0. The second-order valence-corrected chi connectivity index (χ2v) is 3.71. The van der Waals surface area contributed by atoms with Gasteiger partial charge in [0.1, 0.15) is 0 Å². The molecule has 1 heterocycles. The summed E-state index contributed by atoms with van der Waals surface area (Å²) in [6, 6.07) is 0. The van der Waals surface area contributed by atoms with Crippen LogP contribution in [-0.4, -0.2) is 40.8 Å². The molecule has 1 rings (SSSR count). The number of aromatic nitrogens is 1. The molecular weight excluding hydrogens is 208 g/mol. The van der Waals surface area contributed by atoms with E-state index in [4.69, 9.17) is 9.63 Å². The summed E-state index contributed by atoms with van der Waals surface area (Å²) in [5, 5.41) is 12.5. The number of aliphatic hydroxyl groups is 1. The van der Waals surface area contributed by atoms with Gasteiger partial charge in [-0.05, 0) is 13.3 Å². The van der Waals surface area contributed by atoms with Crippen LogP contribution in [0, 0.1) is 6.92 Å². The molecule has 0 aliphatic rings. The number of rotatable bonds is 6. The van der Waals surface area contributed by atoms with E-state index in [1.54, 1.807) is 11.8 Å². The number of carbonyl (C=O) groups is 1. The van der Waals surface area contributed by atoms with Crippen molar-refractivity contribution in [2.75, 3.05) is 19.7 Å². The molecule has 0 aromatic carbocycles. The lowest BCUT2D eigenvalue weighted by molar-refractivity contribution is 0.0677.